The van der Waals surface area contributed by atoms with E-state index in [2.05, 4.69) is 32.7 Å². The number of phenols is 1. The lowest BCUT2D eigenvalue weighted by atomic mass is 9.86. The highest BCUT2D eigenvalue weighted by molar-refractivity contribution is 5.94. The first-order valence-electron chi connectivity index (χ1n) is 23.4. The molecule has 354 valence electrons. The first-order chi connectivity index (χ1) is 33.0. The molecule has 0 saturated carbocycles. The number of aromatic amines is 1. The van der Waals surface area contributed by atoms with Crippen LogP contribution in [0.5, 0.6) is 11.5 Å². The predicted octanol–water partition coefficient (Wildman–Crippen LogP) is 5.59. The third-order valence-corrected chi connectivity index (χ3v) is 13.0. The molecule has 2 saturated heterocycles. The molecule has 0 bridgehead atoms. The van der Waals surface area contributed by atoms with E-state index in [0.29, 0.717) is 66.7 Å². The number of nitrogens with zero attached hydrogens (tertiary/aromatic N) is 2. The van der Waals surface area contributed by atoms with Crippen molar-refractivity contribution in [2.24, 2.45) is 5.92 Å². The van der Waals surface area contributed by atoms with Crippen LogP contribution in [0.3, 0.4) is 0 Å². The Balaban J connectivity index is 0.793. The van der Waals surface area contributed by atoms with Crippen molar-refractivity contribution in [3.05, 3.63) is 177 Å². The number of carbonyl (C=O) groups is 3. The van der Waals surface area contributed by atoms with Gasteiger partial charge < -0.3 is 45.3 Å². The van der Waals surface area contributed by atoms with Crippen molar-refractivity contribution in [2.75, 3.05) is 52.5 Å². The van der Waals surface area contributed by atoms with Crippen molar-refractivity contribution in [1.82, 2.24) is 25.4 Å². The SMILES string of the molecule is O=C(N[C@@H]1CCCN(C(=O)COc2cccc(C(O)(C(=O)OCC3CCN(Cc4ccccc4)CC3)c3ccccc3)c2)C1)c1ccc(CCNC[C@H](O)c2ccc(O)c3[nH]c(=O)ccc23)cc1. The number of aromatic nitrogens is 1. The second kappa shape index (κ2) is 22.3. The minimum atomic E-state index is -2.11. The number of aliphatic hydroxyl groups is 2. The number of rotatable bonds is 18. The van der Waals surface area contributed by atoms with E-state index in [4.69, 9.17) is 9.47 Å². The van der Waals surface area contributed by atoms with Crippen LogP contribution >= 0.6 is 0 Å². The van der Waals surface area contributed by atoms with Gasteiger partial charge in [-0.05, 0) is 116 Å². The average molecular weight is 922 g/mol. The maximum atomic E-state index is 13.9. The van der Waals surface area contributed by atoms with E-state index in [9.17, 15) is 34.5 Å². The Kier molecular flexibility index (Phi) is 15.6. The number of hydrogen-bond acceptors (Lipinski definition) is 11. The van der Waals surface area contributed by atoms with Crippen LogP contribution in [0.2, 0.25) is 0 Å². The number of nitrogens with one attached hydrogen (secondary N) is 3. The number of ether oxygens (including phenoxy) is 2. The van der Waals surface area contributed by atoms with Crippen molar-refractivity contribution < 1.29 is 39.2 Å². The number of pyridine rings is 1. The molecule has 68 heavy (non-hydrogen) atoms. The number of H-pyrrole nitrogens is 1. The number of hydrogen-bond donors (Lipinski definition) is 6. The largest absolute Gasteiger partial charge is 0.506 e. The number of aromatic hydroxyl groups is 1. The topological polar surface area (TPSA) is 194 Å². The van der Waals surface area contributed by atoms with Gasteiger partial charge in [-0.25, -0.2) is 4.79 Å². The second-order valence-electron chi connectivity index (χ2n) is 17.8. The number of fused-ring (bicyclic) bond motifs is 1. The van der Waals surface area contributed by atoms with E-state index in [1.807, 2.05) is 36.4 Å². The maximum absolute atomic E-state index is 13.9. The van der Waals surface area contributed by atoms with Crippen LogP contribution in [0, 0.1) is 5.92 Å². The molecule has 14 heteroatoms. The van der Waals surface area contributed by atoms with E-state index in [1.54, 1.807) is 77.7 Å². The molecule has 0 radical (unpaired) electrons. The fourth-order valence-electron chi connectivity index (χ4n) is 9.12. The van der Waals surface area contributed by atoms with Crippen LogP contribution in [0.15, 0.2) is 138 Å². The number of piperidine rings is 2. The van der Waals surface area contributed by atoms with Crippen LogP contribution in [0.25, 0.3) is 10.9 Å². The molecule has 1 unspecified atom stereocenters. The van der Waals surface area contributed by atoms with E-state index in [0.717, 1.165) is 38.0 Å². The zero-order valence-corrected chi connectivity index (χ0v) is 38.0. The number of likely N-dealkylation sites (tertiary alicyclic amines) is 2. The quantitative estimate of drug-likeness (QED) is 0.0465. The summed E-state index contributed by atoms with van der Waals surface area (Å²) in [5.41, 5.74) is 1.81. The summed E-state index contributed by atoms with van der Waals surface area (Å²) in [6, 6.07) is 38.7. The lowest BCUT2D eigenvalue weighted by molar-refractivity contribution is -0.164. The first kappa shape index (κ1) is 47.6. The normalized spacial score (nSPS) is 17.0. The molecule has 3 heterocycles. The van der Waals surface area contributed by atoms with Gasteiger partial charge in [-0.1, -0.05) is 91.0 Å². The van der Waals surface area contributed by atoms with E-state index >= 15 is 0 Å². The van der Waals surface area contributed by atoms with Crippen LogP contribution in [-0.2, 0) is 32.9 Å². The molecule has 5 aromatic carbocycles. The highest BCUT2D eigenvalue weighted by Crippen LogP contribution is 2.34. The highest BCUT2D eigenvalue weighted by atomic mass is 16.5. The Morgan fingerprint density at radius 2 is 1.54 bits per heavy atom. The fourth-order valence-corrected chi connectivity index (χ4v) is 9.12. The van der Waals surface area contributed by atoms with Crippen molar-refractivity contribution in [1.29, 1.82) is 0 Å². The molecule has 8 rings (SSSR count). The third-order valence-electron chi connectivity index (χ3n) is 13.0. The minimum absolute atomic E-state index is 0.0644. The standard InChI is InChI=1S/C54H59N5O9/c60-47-22-20-45(46-21-23-49(62)57-51(46)47)48(61)32-55-27-24-37-16-18-40(19-17-37)52(64)56-43-14-8-28-59(34-43)50(63)36-67-44-15-7-13-42(31-44)54(66,41-11-5-2-6-12-41)53(65)68-35-39-25-29-58(30-26-39)33-38-9-3-1-4-10-38/h1-7,9-13,15-23,31,39,43,48,55,60-61,66H,8,14,24-30,32-36H2,(H,56,64)(H,57,62)/t43-,48+,54?/m1/s1. The zero-order valence-electron chi connectivity index (χ0n) is 38.0. The van der Waals surface area contributed by atoms with Crippen LogP contribution < -0.4 is 20.9 Å². The Morgan fingerprint density at radius 3 is 2.31 bits per heavy atom. The Labute approximate surface area is 395 Å². The number of amides is 2. The molecule has 6 aromatic rings. The molecule has 1 aromatic heterocycles. The van der Waals surface area contributed by atoms with Gasteiger partial charge in [-0.15, -0.1) is 0 Å². The number of aliphatic hydroxyl groups excluding tert-OH is 1. The van der Waals surface area contributed by atoms with E-state index in [1.165, 1.54) is 17.7 Å². The fraction of sp³-hybridized carbons (Fsp3) is 0.333. The Bertz CT molecular complexity index is 2710. The Hall–Kier alpha value is -6.84. The summed E-state index contributed by atoms with van der Waals surface area (Å²) in [5, 5.41) is 40.1. The third kappa shape index (κ3) is 11.8. The summed E-state index contributed by atoms with van der Waals surface area (Å²) in [6.07, 6.45) is 2.96. The summed E-state index contributed by atoms with van der Waals surface area (Å²) in [7, 11) is 0. The molecule has 2 fully saturated rings. The molecular formula is C54H59N5O9. The molecule has 6 N–H and O–H groups in total. The van der Waals surface area contributed by atoms with Crippen molar-refractivity contribution in [3.8, 4) is 11.5 Å². The van der Waals surface area contributed by atoms with Crippen LogP contribution in [0.4, 0.5) is 0 Å². The summed E-state index contributed by atoms with van der Waals surface area (Å²) in [5.74, 6) is -0.838. The van der Waals surface area contributed by atoms with E-state index in [-0.39, 0.29) is 65.9 Å². The minimum Gasteiger partial charge on any atom is -0.506 e. The predicted molar refractivity (Wildman–Crippen MR) is 258 cm³/mol. The smallest absolute Gasteiger partial charge is 0.347 e. The van der Waals surface area contributed by atoms with Gasteiger partial charge >= 0.3 is 5.97 Å². The highest BCUT2D eigenvalue weighted by Gasteiger charge is 2.42. The van der Waals surface area contributed by atoms with Crippen LogP contribution in [-0.4, -0.2) is 106 Å². The van der Waals surface area contributed by atoms with Crippen molar-refractivity contribution in [2.45, 2.75) is 56.4 Å². The molecule has 3 atom stereocenters. The van der Waals surface area contributed by atoms with Gasteiger partial charge in [0.1, 0.15) is 11.5 Å². The molecule has 0 aliphatic carbocycles. The molecule has 14 nitrogen and oxygen atoms in total. The number of phenolic OH excluding ortho intramolecular Hbond substituents is 1. The first-order valence-corrected chi connectivity index (χ1v) is 23.4. The maximum Gasteiger partial charge on any atom is 0.347 e. The van der Waals surface area contributed by atoms with Crippen LogP contribution in [0.1, 0.15) is 70.0 Å². The number of esters is 1. The molecule has 2 amide bonds. The van der Waals surface area contributed by atoms with Gasteiger partial charge in [0.25, 0.3) is 11.8 Å². The van der Waals surface area contributed by atoms with Gasteiger partial charge in [0, 0.05) is 54.8 Å². The van der Waals surface area contributed by atoms with Crippen molar-refractivity contribution >= 4 is 28.7 Å². The molecule has 0 spiro atoms. The van der Waals surface area contributed by atoms with Crippen molar-refractivity contribution in [3.63, 3.8) is 0 Å². The summed E-state index contributed by atoms with van der Waals surface area (Å²) in [6.45, 7) is 4.27. The van der Waals surface area contributed by atoms with Gasteiger partial charge in [0.2, 0.25) is 11.2 Å². The Morgan fingerprint density at radius 1 is 0.809 bits per heavy atom. The number of benzene rings is 5. The molecule has 2 aliphatic heterocycles. The summed E-state index contributed by atoms with van der Waals surface area (Å²) in [4.78, 5) is 59.1. The van der Waals surface area contributed by atoms with Gasteiger partial charge in [-0.3, -0.25) is 19.3 Å². The van der Waals surface area contributed by atoms with Gasteiger partial charge in [0.15, 0.2) is 6.61 Å². The lowest BCUT2D eigenvalue weighted by Crippen LogP contribution is -2.50. The molecular weight excluding hydrogens is 863 g/mol. The zero-order chi connectivity index (χ0) is 47.5. The second-order valence-corrected chi connectivity index (χ2v) is 17.8. The van der Waals surface area contributed by atoms with E-state index < -0.39 is 17.7 Å². The van der Waals surface area contributed by atoms with Gasteiger partial charge in [-0.2, -0.15) is 0 Å². The molecule has 2 aliphatic rings. The van der Waals surface area contributed by atoms with Gasteiger partial charge in [0.05, 0.1) is 18.2 Å². The summed E-state index contributed by atoms with van der Waals surface area (Å²) >= 11 is 0. The lowest BCUT2D eigenvalue weighted by Gasteiger charge is -2.33. The number of carbonyl (C=O) groups excluding carboxylic acids is 3. The average Bonchev–Trinajstić information content (AvgIpc) is 3.37. The monoisotopic (exact) mass is 921 g/mol. The summed E-state index contributed by atoms with van der Waals surface area (Å²) < 4.78 is 11.9.